The Kier molecular flexibility index (Phi) is 49.1. The van der Waals surface area contributed by atoms with Gasteiger partial charge in [0.15, 0.2) is 0 Å². The number of ether oxygens (including phenoxy) is 2. The van der Waals surface area contributed by atoms with Crippen LogP contribution in [-0.2, 0) is 19.1 Å². The third kappa shape index (κ3) is 49.7. The standard InChI is InChI=1S/C56H95NO4/c1-3-5-7-9-11-13-15-17-19-21-23-25-27-29-31-33-35-37-39-41-43-45-47-49-51-60-55(58)53-54(57)56(59)61-52-50-48-46-44-42-40-38-36-34-32-30-28-26-24-22-20-18-16-14-12-10-8-6-4-2/h54H,3-26,35-53,57H2,1-2H3/t54-/m0/s1. The van der Waals surface area contributed by atoms with E-state index in [1.807, 2.05) is 0 Å². The van der Waals surface area contributed by atoms with E-state index in [1.54, 1.807) is 0 Å². The van der Waals surface area contributed by atoms with E-state index in [0.29, 0.717) is 13.2 Å². The van der Waals surface area contributed by atoms with Gasteiger partial charge in [0.25, 0.3) is 0 Å². The Morgan fingerprint density at radius 2 is 0.607 bits per heavy atom. The molecule has 0 spiro atoms. The van der Waals surface area contributed by atoms with Crippen molar-refractivity contribution in [2.24, 2.45) is 5.73 Å². The lowest BCUT2D eigenvalue weighted by molar-refractivity contribution is -0.152. The number of hydrogen-bond donors (Lipinski definition) is 1. The van der Waals surface area contributed by atoms with Crippen LogP contribution >= 0.6 is 0 Å². The van der Waals surface area contributed by atoms with Crippen molar-refractivity contribution in [3.8, 4) is 47.4 Å². The molecule has 61 heavy (non-hydrogen) atoms. The summed E-state index contributed by atoms with van der Waals surface area (Å²) in [6.07, 6.45) is 49.0. The summed E-state index contributed by atoms with van der Waals surface area (Å²) >= 11 is 0. The second-order valence-corrected chi connectivity index (χ2v) is 17.4. The molecule has 348 valence electrons. The molecule has 5 nitrogen and oxygen atoms in total. The molecular weight excluding hydrogens is 751 g/mol. The highest BCUT2D eigenvalue weighted by Gasteiger charge is 2.19. The van der Waals surface area contributed by atoms with Gasteiger partial charge in [0, 0.05) is 25.7 Å². The van der Waals surface area contributed by atoms with Crippen LogP contribution in [-0.4, -0.2) is 31.2 Å². The van der Waals surface area contributed by atoms with Gasteiger partial charge in [0.05, 0.1) is 19.6 Å². The molecule has 0 aromatic heterocycles. The van der Waals surface area contributed by atoms with Crippen molar-refractivity contribution >= 4 is 11.9 Å². The zero-order valence-electron chi connectivity index (χ0n) is 40.2. The predicted molar refractivity (Wildman–Crippen MR) is 262 cm³/mol. The first-order valence-electron chi connectivity index (χ1n) is 26.1. The molecule has 0 aliphatic rings. The maximum absolute atomic E-state index is 12.2. The molecule has 0 aliphatic carbocycles. The molecule has 0 amide bonds. The van der Waals surface area contributed by atoms with Crippen LogP contribution in [0.4, 0.5) is 0 Å². The summed E-state index contributed by atoms with van der Waals surface area (Å²) in [5.41, 5.74) is 5.91. The van der Waals surface area contributed by atoms with Gasteiger partial charge in [0.1, 0.15) is 6.04 Å². The molecule has 0 aromatic carbocycles. The lowest BCUT2D eigenvalue weighted by Gasteiger charge is -2.11. The number of hydrogen-bond acceptors (Lipinski definition) is 5. The van der Waals surface area contributed by atoms with Crippen LogP contribution < -0.4 is 5.73 Å². The summed E-state index contributed by atoms with van der Waals surface area (Å²) in [5.74, 6) is 24.0. The molecule has 0 saturated carbocycles. The van der Waals surface area contributed by atoms with E-state index in [-0.39, 0.29) is 6.42 Å². The lowest BCUT2D eigenvalue weighted by Crippen LogP contribution is -2.35. The number of nitrogens with two attached hydrogens (primary N) is 1. The van der Waals surface area contributed by atoms with Crippen LogP contribution in [0.2, 0.25) is 0 Å². The first kappa shape index (κ1) is 58.1. The molecule has 0 heterocycles. The van der Waals surface area contributed by atoms with Gasteiger partial charge in [-0.05, 0) is 62.2 Å². The van der Waals surface area contributed by atoms with Crippen molar-refractivity contribution in [2.45, 2.75) is 283 Å². The van der Waals surface area contributed by atoms with Crippen molar-refractivity contribution in [3.63, 3.8) is 0 Å². The minimum absolute atomic E-state index is 0.136. The summed E-state index contributed by atoms with van der Waals surface area (Å²) in [6, 6.07) is -0.966. The van der Waals surface area contributed by atoms with Gasteiger partial charge in [-0.25, -0.2) is 0 Å². The Labute approximate surface area is 379 Å². The Bertz CT molecular complexity index is 1230. The van der Waals surface area contributed by atoms with Gasteiger partial charge in [0.2, 0.25) is 0 Å². The lowest BCUT2D eigenvalue weighted by atomic mass is 10.1. The average molecular weight is 846 g/mol. The molecule has 5 heteroatoms. The summed E-state index contributed by atoms with van der Waals surface area (Å²) in [4.78, 5) is 24.3. The van der Waals surface area contributed by atoms with E-state index < -0.39 is 18.0 Å². The number of unbranched alkanes of at least 4 members (excludes halogenated alkanes) is 36. The second-order valence-electron chi connectivity index (χ2n) is 17.4. The molecule has 1 atom stereocenters. The molecule has 0 aromatic rings. The maximum atomic E-state index is 12.2. The number of esters is 2. The van der Waals surface area contributed by atoms with E-state index in [2.05, 4.69) is 61.2 Å². The minimum Gasteiger partial charge on any atom is -0.466 e. The first-order chi connectivity index (χ1) is 30.1. The SMILES string of the molecule is CCCCCCCCCCCCCC#CC#CCCCCCCCCCOC(=O)C[C@H](N)C(=O)OCCCCCCCCCC#CC#CCCCCCCCCCCCCC. The second kappa shape index (κ2) is 51.5. The molecule has 0 radical (unpaired) electrons. The highest BCUT2D eigenvalue weighted by Crippen LogP contribution is 2.14. The Morgan fingerprint density at radius 1 is 0.361 bits per heavy atom. The quantitative estimate of drug-likeness (QED) is 0.0376. The van der Waals surface area contributed by atoms with E-state index in [0.717, 1.165) is 77.0 Å². The van der Waals surface area contributed by atoms with E-state index >= 15 is 0 Å². The summed E-state index contributed by atoms with van der Waals surface area (Å²) in [5, 5.41) is 0. The summed E-state index contributed by atoms with van der Waals surface area (Å²) in [6.45, 7) is 5.27. The summed E-state index contributed by atoms with van der Waals surface area (Å²) in [7, 11) is 0. The Hall–Kier alpha value is -2.86. The molecule has 0 aliphatic heterocycles. The van der Waals surface area contributed by atoms with E-state index in [4.69, 9.17) is 15.2 Å². The fourth-order valence-corrected chi connectivity index (χ4v) is 7.37. The van der Waals surface area contributed by atoms with Crippen LogP contribution in [0.5, 0.6) is 0 Å². The van der Waals surface area contributed by atoms with Crippen LogP contribution in [0.1, 0.15) is 277 Å². The summed E-state index contributed by atoms with van der Waals surface area (Å²) < 4.78 is 10.6. The molecule has 0 fully saturated rings. The minimum atomic E-state index is -0.966. The van der Waals surface area contributed by atoms with Gasteiger partial charge in [-0.2, -0.15) is 0 Å². The van der Waals surface area contributed by atoms with Crippen LogP contribution in [0, 0.1) is 47.4 Å². The largest absolute Gasteiger partial charge is 0.466 e. The topological polar surface area (TPSA) is 78.6 Å². The maximum Gasteiger partial charge on any atom is 0.323 e. The molecule has 0 saturated heterocycles. The molecule has 2 N–H and O–H groups in total. The monoisotopic (exact) mass is 846 g/mol. The Morgan fingerprint density at radius 3 is 0.902 bits per heavy atom. The smallest absolute Gasteiger partial charge is 0.323 e. The zero-order valence-corrected chi connectivity index (χ0v) is 40.2. The molecule has 0 bridgehead atoms. The van der Waals surface area contributed by atoms with Crippen LogP contribution in [0.3, 0.4) is 0 Å². The third-order valence-corrected chi connectivity index (χ3v) is 11.4. The molecule has 0 rings (SSSR count). The van der Waals surface area contributed by atoms with Crippen molar-refractivity contribution < 1.29 is 19.1 Å². The highest BCUT2D eigenvalue weighted by molar-refractivity contribution is 5.82. The predicted octanol–water partition coefficient (Wildman–Crippen LogP) is 15.4. The fraction of sp³-hybridized carbons (Fsp3) is 0.821. The normalized spacial score (nSPS) is 10.9. The van der Waals surface area contributed by atoms with Crippen molar-refractivity contribution in [3.05, 3.63) is 0 Å². The third-order valence-electron chi connectivity index (χ3n) is 11.4. The fourth-order valence-electron chi connectivity index (χ4n) is 7.37. The van der Waals surface area contributed by atoms with Crippen LogP contribution in [0.15, 0.2) is 0 Å². The first-order valence-corrected chi connectivity index (χ1v) is 26.1. The van der Waals surface area contributed by atoms with E-state index in [9.17, 15) is 9.59 Å². The number of carbonyl (C=O) groups is 2. The highest BCUT2D eigenvalue weighted by atomic mass is 16.5. The Balaban J connectivity index is 3.49. The number of rotatable bonds is 43. The van der Waals surface area contributed by atoms with E-state index in [1.165, 1.54) is 180 Å². The van der Waals surface area contributed by atoms with Gasteiger partial charge in [-0.1, -0.05) is 230 Å². The van der Waals surface area contributed by atoms with Crippen LogP contribution in [0.25, 0.3) is 0 Å². The van der Waals surface area contributed by atoms with Gasteiger partial charge < -0.3 is 15.2 Å². The van der Waals surface area contributed by atoms with Gasteiger partial charge >= 0.3 is 11.9 Å². The van der Waals surface area contributed by atoms with Crippen molar-refractivity contribution in [2.75, 3.05) is 13.2 Å². The van der Waals surface area contributed by atoms with Crippen molar-refractivity contribution in [1.29, 1.82) is 0 Å². The molecule has 0 unspecified atom stereocenters. The molecular formula is C56H95NO4. The zero-order chi connectivity index (χ0) is 44.2. The van der Waals surface area contributed by atoms with Crippen molar-refractivity contribution in [1.82, 2.24) is 0 Å². The average Bonchev–Trinajstić information content (AvgIpc) is 3.26. The van der Waals surface area contributed by atoms with Gasteiger partial charge in [-0.3, -0.25) is 9.59 Å². The number of carbonyl (C=O) groups excluding carboxylic acids is 2. The van der Waals surface area contributed by atoms with Gasteiger partial charge in [-0.15, -0.1) is 0 Å².